The average Bonchev–Trinajstić information content (AvgIpc) is 2.28. The third-order valence-corrected chi connectivity index (χ3v) is 2.69. The first-order chi connectivity index (χ1) is 5.24. The van der Waals surface area contributed by atoms with Gasteiger partial charge in [-0.15, -0.1) is 0 Å². The number of rotatable bonds is 1. The first-order valence-electron chi connectivity index (χ1n) is 4.14. The first kappa shape index (κ1) is 7.25. The van der Waals surface area contributed by atoms with Gasteiger partial charge in [-0.05, 0) is 12.8 Å². The van der Waals surface area contributed by atoms with Crippen molar-refractivity contribution in [3.63, 3.8) is 0 Å². The fourth-order valence-electron chi connectivity index (χ4n) is 2.08. The highest BCUT2D eigenvalue weighted by atomic mass is 16.5. The molecule has 3 nitrogen and oxygen atoms in total. The molecule has 0 aromatic carbocycles. The molecular weight excluding hydrogens is 142 g/mol. The number of hydrogen-bond donors (Lipinski definition) is 1. The molecule has 2 aliphatic rings. The summed E-state index contributed by atoms with van der Waals surface area (Å²) in [6, 6.07) is 0. The van der Waals surface area contributed by atoms with Gasteiger partial charge in [0.1, 0.15) is 5.78 Å². The normalized spacial score (nSPS) is 43.0. The molecule has 2 fully saturated rings. The van der Waals surface area contributed by atoms with Crippen LogP contribution in [0.3, 0.4) is 0 Å². The number of ether oxygens (including phenoxy) is 1. The standard InChI is InChI=1S/C8H13NO2/c9-5-8-2-1-7(11-8)3-6(10)4-8/h7H,1-5,9H2/t7-,8+/m0/s1. The van der Waals surface area contributed by atoms with E-state index in [1.54, 1.807) is 0 Å². The molecule has 0 aliphatic carbocycles. The van der Waals surface area contributed by atoms with E-state index < -0.39 is 0 Å². The molecule has 0 amide bonds. The molecular formula is C8H13NO2. The highest BCUT2D eigenvalue weighted by molar-refractivity contribution is 5.81. The molecule has 2 saturated heterocycles. The van der Waals surface area contributed by atoms with Gasteiger partial charge in [0.05, 0.1) is 11.7 Å². The van der Waals surface area contributed by atoms with Gasteiger partial charge in [-0.3, -0.25) is 4.79 Å². The second-order valence-corrected chi connectivity index (χ2v) is 3.59. The Balaban J connectivity index is 2.18. The van der Waals surface area contributed by atoms with E-state index in [1.165, 1.54) is 0 Å². The number of fused-ring (bicyclic) bond motifs is 2. The predicted molar refractivity (Wildman–Crippen MR) is 40.1 cm³/mol. The van der Waals surface area contributed by atoms with Gasteiger partial charge in [0.15, 0.2) is 0 Å². The van der Waals surface area contributed by atoms with Crippen molar-refractivity contribution < 1.29 is 9.53 Å². The summed E-state index contributed by atoms with van der Waals surface area (Å²) < 4.78 is 5.66. The molecule has 3 heteroatoms. The van der Waals surface area contributed by atoms with Crippen LogP contribution in [0.25, 0.3) is 0 Å². The zero-order valence-corrected chi connectivity index (χ0v) is 6.51. The van der Waals surface area contributed by atoms with Crippen LogP contribution in [0, 0.1) is 0 Å². The van der Waals surface area contributed by atoms with E-state index in [1.807, 2.05) is 0 Å². The Hall–Kier alpha value is -0.410. The molecule has 2 rings (SSSR count). The van der Waals surface area contributed by atoms with Gasteiger partial charge in [0.25, 0.3) is 0 Å². The van der Waals surface area contributed by atoms with Crippen molar-refractivity contribution in [2.75, 3.05) is 6.54 Å². The van der Waals surface area contributed by atoms with Crippen molar-refractivity contribution in [3.8, 4) is 0 Å². The second kappa shape index (κ2) is 2.29. The maximum Gasteiger partial charge on any atom is 0.138 e. The van der Waals surface area contributed by atoms with Gasteiger partial charge in [-0.25, -0.2) is 0 Å². The van der Waals surface area contributed by atoms with Crippen LogP contribution >= 0.6 is 0 Å². The molecule has 0 radical (unpaired) electrons. The lowest BCUT2D eigenvalue weighted by Gasteiger charge is -2.31. The fraction of sp³-hybridized carbons (Fsp3) is 0.875. The Labute approximate surface area is 65.9 Å². The van der Waals surface area contributed by atoms with E-state index >= 15 is 0 Å². The molecule has 0 saturated carbocycles. The van der Waals surface area contributed by atoms with Crippen LogP contribution in [0.4, 0.5) is 0 Å². The first-order valence-corrected chi connectivity index (χ1v) is 4.14. The third kappa shape index (κ3) is 1.08. The summed E-state index contributed by atoms with van der Waals surface area (Å²) in [5, 5.41) is 0. The molecule has 2 heterocycles. The van der Waals surface area contributed by atoms with Crippen molar-refractivity contribution in [1.82, 2.24) is 0 Å². The van der Waals surface area contributed by atoms with E-state index in [0.717, 1.165) is 12.8 Å². The van der Waals surface area contributed by atoms with Gasteiger partial charge in [0.2, 0.25) is 0 Å². The van der Waals surface area contributed by atoms with Crippen LogP contribution < -0.4 is 5.73 Å². The van der Waals surface area contributed by atoms with E-state index in [2.05, 4.69) is 0 Å². The summed E-state index contributed by atoms with van der Waals surface area (Å²) in [6.45, 7) is 0.495. The lowest BCUT2D eigenvalue weighted by Crippen LogP contribution is -2.43. The van der Waals surface area contributed by atoms with E-state index in [9.17, 15) is 4.79 Å². The maximum atomic E-state index is 11.2. The molecule has 2 atom stereocenters. The number of carbonyl (C=O) groups is 1. The van der Waals surface area contributed by atoms with Gasteiger partial charge >= 0.3 is 0 Å². The lowest BCUT2D eigenvalue weighted by molar-refractivity contribution is -0.138. The van der Waals surface area contributed by atoms with Crippen LogP contribution in [-0.4, -0.2) is 24.0 Å². The summed E-state index contributed by atoms with van der Waals surface area (Å²) in [4.78, 5) is 11.2. The van der Waals surface area contributed by atoms with Crippen molar-refractivity contribution in [3.05, 3.63) is 0 Å². The minimum atomic E-state index is -0.264. The van der Waals surface area contributed by atoms with E-state index in [4.69, 9.17) is 10.5 Å². The fourth-order valence-corrected chi connectivity index (χ4v) is 2.08. The minimum absolute atomic E-state index is 0.180. The zero-order chi connectivity index (χ0) is 7.90. The zero-order valence-electron chi connectivity index (χ0n) is 6.51. The topological polar surface area (TPSA) is 52.3 Å². The van der Waals surface area contributed by atoms with Crippen molar-refractivity contribution in [2.45, 2.75) is 37.4 Å². The molecule has 0 aromatic rings. The highest BCUT2D eigenvalue weighted by Gasteiger charge is 2.45. The lowest BCUT2D eigenvalue weighted by atomic mass is 9.94. The summed E-state index contributed by atoms with van der Waals surface area (Å²) in [7, 11) is 0. The number of hydrogen-bond acceptors (Lipinski definition) is 3. The third-order valence-electron chi connectivity index (χ3n) is 2.69. The predicted octanol–water partition coefficient (Wildman–Crippen LogP) is 0.226. The SMILES string of the molecule is NC[C@@]12CC[C@@H](CC(=O)C1)O2. The molecule has 0 spiro atoms. The van der Waals surface area contributed by atoms with Crippen LogP contribution in [-0.2, 0) is 9.53 Å². The Morgan fingerprint density at radius 1 is 1.73 bits per heavy atom. The van der Waals surface area contributed by atoms with Gasteiger partial charge in [-0.2, -0.15) is 0 Å². The van der Waals surface area contributed by atoms with Crippen LogP contribution in [0.2, 0.25) is 0 Å². The van der Waals surface area contributed by atoms with E-state index in [-0.39, 0.29) is 11.7 Å². The Morgan fingerprint density at radius 2 is 2.55 bits per heavy atom. The highest BCUT2D eigenvalue weighted by Crippen LogP contribution is 2.38. The summed E-state index contributed by atoms with van der Waals surface area (Å²) in [5.41, 5.74) is 5.30. The van der Waals surface area contributed by atoms with Crippen molar-refractivity contribution in [2.24, 2.45) is 5.73 Å². The van der Waals surface area contributed by atoms with Gasteiger partial charge in [-0.1, -0.05) is 0 Å². The van der Waals surface area contributed by atoms with Gasteiger partial charge < -0.3 is 10.5 Å². The van der Waals surface area contributed by atoms with Crippen molar-refractivity contribution in [1.29, 1.82) is 0 Å². The van der Waals surface area contributed by atoms with Gasteiger partial charge in [0, 0.05) is 19.4 Å². The number of carbonyl (C=O) groups excluding carboxylic acids is 1. The molecule has 2 bridgehead atoms. The number of ketones is 1. The maximum absolute atomic E-state index is 11.2. The Bertz CT molecular complexity index is 193. The Kier molecular flexibility index (Phi) is 1.51. The molecule has 2 N–H and O–H groups in total. The molecule has 62 valence electrons. The minimum Gasteiger partial charge on any atom is -0.370 e. The molecule has 0 aromatic heterocycles. The monoisotopic (exact) mass is 155 g/mol. The largest absolute Gasteiger partial charge is 0.370 e. The molecule has 11 heavy (non-hydrogen) atoms. The van der Waals surface area contributed by atoms with Crippen molar-refractivity contribution >= 4 is 5.78 Å². The van der Waals surface area contributed by atoms with E-state index in [0.29, 0.717) is 25.2 Å². The summed E-state index contributed by atoms with van der Waals surface area (Å²) in [5.74, 6) is 0.323. The summed E-state index contributed by atoms with van der Waals surface area (Å²) >= 11 is 0. The number of nitrogens with two attached hydrogens (primary N) is 1. The number of Topliss-reactive ketones (excluding diaryl/α,β-unsaturated/α-hetero) is 1. The van der Waals surface area contributed by atoms with Crippen LogP contribution in [0.15, 0.2) is 0 Å². The second-order valence-electron chi connectivity index (χ2n) is 3.59. The average molecular weight is 155 g/mol. The van der Waals surface area contributed by atoms with Crippen LogP contribution in [0.1, 0.15) is 25.7 Å². The molecule has 2 aliphatic heterocycles. The summed E-state index contributed by atoms with van der Waals surface area (Å²) in [6.07, 6.45) is 3.32. The van der Waals surface area contributed by atoms with Crippen LogP contribution in [0.5, 0.6) is 0 Å². The molecule has 0 unspecified atom stereocenters. The Morgan fingerprint density at radius 3 is 3.27 bits per heavy atom. The smallest absolute Gasteiger partial charge is 0.138 e. The quantitative estimate of drug-likeness (QED) is 0.589.